The van der Waals surface area contributed by atoms with E-state index in [2.05, 4.69) is 26.4 Å². The van der Waals surface area contributed by atoms with E-state index in [1.807, 2.05) is 18.2 Å². The van der Waals surface area contributed by atoms with E-state index < -0.39 is 17.8 Å². The van der Waals surface area contributed by atoms with Crippen molar-refractivity contribution in [3.05, 3.63) is 56.7 Å². The molecular formula is C21H25ClN2O4S. The Kier molecular flexibility index (Phi) is 6.82. The molecule has 2 heterocycles. The van der Waals surface area contributed by atoms with E-state index in [0.29, 0.717) is 11.6 Å². The maximum atomic E-state index is 13.3. The SMILES string of the molecule is COC(=O)OC(C)(C)CNC(=O)C(c1ccccc1Cl)N1CCc2sccc2C1. The number of hydrogen-bond donors (Lipinski definition) is 1. The predicted molar refractivity (Wildman–Crippen MR) is 113 cm³/mol. The Balaban J connectivity index is 1.79. The van der Waals surface area contributed by atoms with Gasteiger partial charge in [-0.2, -0.15) is 0 Å². The summed E-state index contributed by atoms with van der Waals surface area (Å²) in [5, 5.41) is 5.56. The van der Waals surface area contributed by atoms with Crippen LogP contribution in [0.25, 0.3) is 0 Å². The first-order valence-corrected chi connectivity index (χ1v) is 10.6. The Morgan fingerprint density at radius 1 is 1.31 bits per heavy atom. The van der Waals surface area contributed by atoms with Crippen LogP contribution >= 0.6 is 22.9 Å². The number of rotatable bonds is 6. The number of amides is 1. The number of benzene rings is 1. The fourth-order valence-electron chi connectivity index (χ4n) is 3.39. The fraction of sp³-hybridized carbons (Fsp3) is 0.429. The van der Waals surface area contributed by atoms with Gasteiger partial charge in [-0.25, -0.2) is 4.79 Å². The zero-order valence-electron chi connectivity index (χ0n) is 16.7. The van der Waals surface area contributed by atoms with Gasteiger partial charge in [0.15, 0.2) is 0 Å². The van der Waals surface area contributed by atoms with Crippen LogP contribution in [0.4, 0.5) is 4.79 Å². The highest BCUT2D eigenvalue weighted by molar-refractivity contribution is 7.10. The lowest BCUT2D eigenvalue weighted by Crippen LogP contribution is -2.47. The van der Waals surface area contributed by atoms with E-state index in [4.69, 9.17) is 16.3 Å². The van der Waals surface area contributed by atoms with Crippen molar-refractivity contribution >= 4 is 35.0 Å². The smallest absolute Gasteiger partial charge is 0.438 e. The summed E-state index contributed by atoms with van der Waals surface area (Å²) >= 11 is 8.20. The molecule has 0 radical (unpaired) electrons. The number of fused-ring (bicyclic) bond motifs is 1. The van der Waals surface area contributed by atoms with Gasteiger partial charge in [0.1, 0.15) is 11.6 Å². The number of carbonyl (C=O) groups excluding carboxylic acids is 2. The third-order valence-electron chi connectivity index (χ3n) is 4.87. The van der Waals surface area contributed by atoms with Crippen LogP contribution in [0.2, 0.25) is 5.02 Å². The first kappa shape index (κ1) is 21.6. The molecule has 1 atom stereocenters. The number of methoxy groups -OCH3 is 1. The Labute approximate surface area is 179 Å². The number of thiophene rings is 1. The van der Waals surface area contributed by atoms with Gasteiger partial charge < -0.3 is 14.8 Å². The molecule has 0 fully saturated rings. The monoisotopic (exact) mass is 436 g/mol. The van der Waals surface area contributed by atoms with E-state index >= 15 is 0 Å². The molecule has 0 saturated heterocycles. The molecule has 1 aromatic carbocycles. The van der Waals surface area contributed by atoms with Gasteiger partial charge in [-0.05, 0) is 48.9 Å². The third-order valence-corrected chi connectivity index (χ3v) is 6.23. The fourth-order valence-corrected chi connectivity index (χ4v) is 4.52. The van der Waals surface area contributed by atoms with Crippen LogP contribution in [0.5, 0.6) is 0 Å². The van der Waals surface area contributed by atoms with Crippen molar-refractivity contribution in [2.75, 3.05) is 20.2 Å². The molecule has 0 bridgehead atoms. The van der Waals surface area contributed by atoms with Crippen molar-refractivity contribution in [3.63, 3.8) is 0 Å². The highest BCUT2D eigenvalue weighted by Gasteiger charge is 2.33. The minimum absolute atomic E-state index is 0.152. The molecule has 3 rings (SSSR count). The normalized spacial score (nSPS) is 15.3. The Morgan fingerprint density at radius 2 is 2.07 bits per heavy atom. The topological polar surface area (TPSA) is 67.9 Å². The molecule has 0 spiro atoms. The molecule has 8 heteroatoms. The zero-order valence-corrected chi connectivity index (χ0v) is 18.3. The van der Waals surface area contributed by atoms with Crippen LogP contribution in [-0.2, 0) is 27.2 Å². The second kappa shape index (κ2) is 9.15. The van der Waals surface area contributed by atoms with Crippen LogP contribution in [0.3, 0.4) is 0 Å². The second-order valence-electron chi connectivity index (χ2n) is 7.55. The Morgan fingerprint density at radius 3 is 2.79 bits per heavy atom. The molecule has 156 valence electrons. The molecular weight excluding hydrogens is 412 g/mol. The average molecular weight is 437 g/mol. The molecule has 1 aliphatic rings. The van der Waals surface area contributed by atoms with Crippen LogP contribution in [0, 0.1) is 0 Å². The molecule has 1 aliphatic heterocycles. The van der Waals surface area contributed by atoms with Crippen molar-refractivity contribution in [2.24, 2.45) is 0 Å². The lowest BCUT2D eigenvalue weighted by molar-refractivity contribution is -0.128. The quantitative estimate of drug-likeness (QED) is 0.688. The highest BCUT2D eigenvalue weighted by atomic mass is 35.5. The zero-order chi connectivity index (χ0) is 21.0. The van der Waals surface area contributed by atoms with Crippen molar-refractivity contribution in [3.8, 4) is 0 Å². The number of ether oxygens (including phenoxy) is 2. The summed E-state index contributed by atoms with van der Waals surface area (Å²) in [5.74, 6) is -0.182. The molecule has 1 unspecified atom stereocenters. The highest BCUT2D eigenvalue weighted by Crippen LogP contribution is 2.33. The first-order chi connectivity index (χ1) is 13.8. The standard InChI is InChI=1S/C21H25ClN2O4S/c1-21(2,28-20(26)27-3)13-23-19(25)18(15-6-4-5-7-16(15)22)24-10-8-17-14(12-24)9-11-29-17/h4-7,9,11,18H,8,10,12-13H2,1-3H3,(H,23,25). The molecule has 1 N–H and O–H groups in total. The summed E-state index contributed by atoms with van der Waals surface area (Å²) in [6.45, 7) is 5.03. The maximum absolute atomic E-state index is 13.3. The van der Waals surface area contributed by atoms with Crippen molar-refractivity contribution in [2.45, 2.75) is 38.5 Å². The van der Waals surface area contributed by atoms with Crippen LogP contribution in [0.1, 0.15) is 35.9 Å². The van der Waals surface area contributed by atoms with Gasteiger partial charge in [-0.15, -0.1) is 11.3 Å². The molecule has 1 amide bonds. The van der Waals surface area contributed by atoms with Crippen molar-refractivity contribution < 1.29 is 19.1 Å². The van der Waals surface area contributed by atoms with Gasteiger partial charge in [-0.1, -0.05) is 29.8 Å². The van der Waals surface area contributed by atoms with E-state index in [0.717, 1.165) is 18.5 Å². The van der Waals surface area contributed by atoms with Gasteiger partial charge in [0, 0.05) is 23.0 Å². The number of halogens is 1. The molecule has 0 aliphatic carbocycles. The van der Waals surface area contributed by atoms with E-state index in [1.54, 1.807) is 31.3 Å². The first-order valence-electron chi connectivity index (χ1n) is 9.39. The number of nitrogens with zero attached hydrogens (tertiary/aromatic N) is 1. The van der Waals surface area contributed by atoms with Gasteiger partial charge in [-0.3, -0.25) is 9.69 Å². The van der Waals surface area contributed by atoms with E-state index in [-0.39, 0.29) is 12.5 Å². The van der Waals surface area contributed by atoms with E-state index in [1.165, 1.54) is 17.6 Å². The Hall–Kier alpha value is -2.09. The van der Waals surface area contributed by atoms with Crippen LogP contribution in [-0.4, -0.2) is 42.8 Å². The molecule has 2 aromatic rings. The number of nitrogens with one attached hydrogen (secondary N) is 1. The predicted octanol–water partition coefficient (Wildman–Crippen LogP) is 4.18. The van der Waals surface area contributed by atoms with Crippen molar-refractivity contribution in [1.29, 1.82) is 0 Å². The van der Waals surface area contributed by atoms with Gasteiger partial charge >= 0.3 is 6.16 Å². The lowest BCUT2D eigenvalue weighted by atomic mass is 10.00. The molecule has 6 nitrogen and oxygen atoms in total. The van der Waals surface area contributed by atoms with Gasteiger partial charge in [0.05, 0.1) is 13.7 Å². The van der Waals surface area contributed by atoms with E-state index in [9.17, 15) is 9.59 Å². The summed E-state index contributed by atoms with van der Waals surface area (Å²) in [6.07, 6.45) is 0.117. The third kappa shape index (κ3) is 5.29. The number of hydrogen-bond acceptors (Lipinski definition) is 6. The summed E-state index contributed by atoms with van der Waals surface area (Å²) in [4.78, 5) is 28.2. The Bertz CT molecular complexity index is 883. The van der Waals surface area contributed by atoms with Gasteiger partial charge in [0.2, 0.25) is 5.91 Å². The maximum Gasteiger partial charge on any atom is 0.508 e. The minimum atomic E-state index is -0.907. The van der Waals surface area contributed by atoms with Crippen LogP contribution in [0.15, 0.2) is 35.7 Å². The van der Waals surface area contributed by atoms with Crippen molar-refractivity contribution in [1.82, 2.24) is 10.2 Å². The largest absolute Gasteiger partial charge is 0.508 e. The summed E-state index contributed by atoms with van der Waals surface area (Å²) in [5.41, 5.74) is 1.11. The number of carbonyl (C=O) groups is 2. The average Bonchev–Trinajstić information content (AvgIpc) is 3.16. The summed E-state index contributed by atoms with van der Waals surface area (Å²) in [6, 6.07) is 8.98. The molecule has 29 heavy (non-hydrogen) atoms. The molecule has 1 aromatic heterocycles. The lowest BCUT2D eigenvalue weighted by Gasteiger charge is -2.35. The van der Waals surface area contributed by atoms with Crippen LogP contribution < -0.4 is 5.32 Å². The van der Waals surface area contributed by atoms with Gasteiger partial charge in [0.25, 0.3) is 0 Å². The summed E-state index contributed by atoms with van der Waals surface area (Å²) < 4.78 is 9.76. The minimum Gasteiger partial charge on any atom is -0.438 e. The molecule has 0 saturated carbocycles. The second-order valence-corrected chi connectivity index (χ2v) is 8.96. The summed E-state index contributed by atoms with van der Waals surface area (Å²) in [7, 11) is 1.25.